The number of halogens is 1. The fourth-order valence-electron chi connectivity index (χ4n) is 2.53. The second-order valence-corrected chi connectivity index (χ2v) is 6.29. The predicted molar refractivity (Wildman–Crippen MR) is 77.4 cm³/mol. The van der Waals surface area contributed by atoms with Gasteiger partial charge in [-0.2, -0.15) is 0 Å². The summed E-state index contributed by atoms with van der Waals surface area (Å²) >= 11 is 2.35. The van der Waals surface area contributed by atoms with Gasteiger partial charge in [0.1, 0.15) is 0 Å². The molecule has 2 rings (SSSR count). The number of nitrogens with one attached hydrogen (secondary N) is 1. The molecule has 1 N–H and O–H groups in total. The van der Waals surface area contributed by atoms with Crippen molar-refractivity contribution < 1.29 is 0 Å². The van der Waals surface area contributed by atoms with E-state index in [2.05, 4.69) is 59.1 Å². The highest BCUT2D eigenvalue weighted by atomic mass is 127. The Morgan fingerprint density at radius 2 is 2.00 bits per heavy atom. The number of hydrogen-bond donors (Lipinski definition) is 1. The van der Waals surface area contributed by atoms with Crippen molar-refractivity contribution in [2.45, 2.75) is 32.7 Å². The smallest absolute Gasteiger partial charge is 0.0205 e. The Bertz CT molecular complexity index is 320. The molecule has 1 aromatic carbocycles. The maximum absolute atomic E-state index is 3.58. The average Bonchev–Trinajstić information content (AvgIpc) is 2.67. The predicted octanol–water partition coefficient (Wildman–Crippen LogP) is 3.82. The molecule has 16 heavy (non-hydrogen) atoms. The molecule has 0 amide bonds. The van der Waals surface area contributed by atoms with Crippen molar-refractivity contribution in [1.29, 1.82) is 0 Å². The SMILES string of the molecule is CC1CCC(CNCc2ccc(I)cc2)C1. The Labute approximate surface area is 112 Å². The van der Waals surface area contributed by atoms with Crippen molar-refractivity contribution in [3.63, 3.8) is 0 Å². The van der Waals surface area contributed by atoms with Crippen LogP contribution in [0.25, 0.3) is 0 Å². The van der Waals surface area contributed by atoms with Crippen molar-refractivity contribution in [2.24, 2.45) is 11.8 Å². The highest BCUT2D eigenvalue weighted by molar-refractivity contribution is 14.1. The lowest BCUT2D eigenvalue weighted by molar-refractivity contribution is 0.470. The maximum Gasteiger partial charge on any atom is 0.0205 e. The van der Waals surface area contributed by atoms with Crippen LogP contribution in [-0.2, 0) is 6.54 Å². The Hall–Kier alpha value is -0.0900. The van der Waals surface area contributed by atoms with Gasteiger partial charge in [0.25, 0.3) is 0 Å². The van der Waals surface area contributed by atoms with Gasteiger partial charge in [0.05, 0.1) is 0 Å². The van der Waals surface area contributed by atoms with Gasteiger partial charge >= 0.3 is 0 Å². The molecule has 0 aliphatic heterocycles. The third-order valence-corrected chi connectivity index (χ3v) is 4.20. The molecule has 2 heteroatoms. The van der Waals surface area contributed by atoms with Gasteiger partial charge in [-0.05, 0) is 71.5 Å². The molecule has 0 radical (unpaired) electrons. The monoisotopic (exact) mass is 329 g/mol. The van der Waals surface area contributed by atoms with E-state index in [-0.39, 0.29) is 0 Å². The van der Waals surface area contributed by atoms with Crippen molar-refractivity contribution in [3.05, 3.63) is 33.4 Å². The van der Waals surface area contributed by atoms with Gasteiger partial charge in [-0.1, -0.05) is 25.5 Å². The summed E-state index contributed by atoms with van der Waals surface area (Å²) in [7, 11) is 0. The van der Waals surface area contributed by atoms with Crippen molar-refractivity contribution in [2.75, 3.05) is 6.54 Å². The standard InChI is InChI=1S/C14H20IN/c1-11-2-3-13(8-11)10-16-9-12-4-6-14(15)7-5-12/h4-7,11,13,16H,2-3,8-10H2,1H3. The fraction of sp³-hybridized carbons (Fsp3) is 0.571. The summed E-state index contributed by atoms with van der Waals surface area (Å²) in [6.07, 6.45) is 4.26. The minimum atomic E-state index is 0.916. The first-order valence-electron chi connectivity index (χ1n) is 6.19. The summed E-state index contributed by atoms with van der Waals surface area (Å²) in [6, 6.07) is 8.78. The molecule has 0 spiro atoms. The number of hydrogen-bond acceptors (Lipinski definition) is 1. The molecular weight excluding hydrogens is 309 g/mol. The normalized spacial score (nSPS) is 24.9. The van der Waals surface area contributed by atoms with Crippen molar-refractivity contribution >= 4 is 22.6 Å². The van der Waals surface area contributed by atoms with E-state index in [1.165, 1.54) is 34.9 Å². The summed E-state index contributed by atoms with van der Waals surface area (Å²) in [5.41, 5.74) is 1.39. The summed E-state index contributed by atoms with van der Waals surface area (Å²) in [6.45, 7) is 4.58. The number of benzene rings is 1. The summed E-state index contributed by atoms with van der Waals surface area (Å²) in [4.78, 5) is 0. The molecule has 0 bridgehead atoms. The van der Waals surface area contributed by atoms with Crippen LogP contribution in [0.2, 0.25) is 0 Å². The molecule has 2 atom stereocenters. The van der Waals surface area contributed by atoms with E-state index >= 15 is 0 Å². The zero-order valence-corrected chi connectivity index (χ0v) is 12.0. The van der Waals surface area contributed by atoms with E-state index in [4.69, 9.17) is 0 Å². The van der Waals surface area contributed by atoms with Gasteiger partial charge in [-0.3, -0.25) is 0 Å². The molecule has 2 unspecified atom stereocenters. The van der Waals surface area contributed by atoms with Crippen LogP contribution in [0.3, 0.4) is 0 Å². The van der Waals surface area contributed by atoms with Gasteiger partial charge in [0.15, 0.2) is 0 Å². The third kappa shape index (κ3) is 3.74. The second kappa shape index (κ2) is 6.01. The molecule has 1 fully saturated rings. The van der Waals surface area contributed by atoms with Gasteiger partial charge in [-0.25, -0.2) is 0 Å². The molecular formula is C14H20IN. The zero-order chi connectivity index (χ0) is 11.4. The molecule has 1 aromatic rings. The Balaban J connectivity index is 1.70. The molecule has 0 heterocycles. The van der Waals surface area contributed by atoms with E-state index in [0.717, 1.165) is 18.4 Å². The minimum Gasteiger partial charge on any atom is -0.312 e. The van der Waals surface area contributed by atoms with E-state index in [9.17, 15) is 0 Å². The van der Waals surface area contributed by atoms with E-state index in [1.54, 1.807) is 0 Å². The van der Waals surface area contributed by atoms with Crippen LogP contribution in [0, 0.1) is 15.4 Å². The zero-order valence-electron chi connectivity index (χ0n) is 9.88. The Kier molecular flexibility index (Phi) is 4.65. The van der Waals surface area contributed by atoms with Crippen molar-refractivity contribution in [1.82, 2.24) is 5.32 Å². The molecule has 0 aromatic heterocycles. The van der Waals surface area contributed by atoms with Gasteiger partial charge in [-0.15, -0.1) is 0 Å². The Morgan fingerprint density at radius 1 is 1.25 bits per heavy atom. The molecule has 88 valence electrons. The largest absolute Gasteiger partial charge is 0.312 e. The van der Waals surface area contributed by atoms with Crippen LogP contribution in [0.15, 0.2) is 24.3 Å². The molecule has 1 aliphatic carbocycles. The molecule has 1 nitrogen and oxygen atoms in total. The number of rotatable bonds is 4. The first-order valence-corrected chi connectivity index (χ1v) is 7.27. The van der Waals surface area contributed by atoms with Crippen molar-refractivity contribution in [3.8, 4) is 0 Å². The lowest BCUT2D eigenvalue weighted by Gasteiger charge is -2.11. The topological polar surface area (TPSA) is 12.0 Å². The summed E-state index contributed by atoms with van der Waals surface area (Å²) in [5.74, 6) is 1.86. The lowest BCUT2D eigenvalue weighted by atomic mass is 10.1. The molecule has 1 aliphatic rings. The van der Waals surface area contributed by atoms with Crippen LogP contribution in [0.5, 0.6) is 0 Å². The average molecular weight is 329 g/mol. The first kappa shape index (κ1) is 12.4. The van der Waals surface area contributed by atoms with Gasteiger partial charge in [0, 0.05) is 10.1 Å². The fourth-order valence-corrected chi connectivity index (χ4v) is 2.89. The third-order valence-electron chi connectivity index (χ3n) is 3.48. The van der Waals surface area contributed by atoms with Crippen LogP contribution in [-0.4, -0.2) is 6.54 Å². The van der Waals surface area contributed by atoms with Crippen LogP contribution >= 0.6 is 22.6 Å². The van der Waals surface area contributed by atoms with Crippen LogP contribution < -0.4 is 5.32 Å². The molecule has 0 saturated heterocycles. The van der Waals surface area contributed by atoms with E-state index < -0.39 is 0 Å². The summed E-state index contributed by atoms with van der Waals surface area (Å²) < 4.78 is 1.31. The first-order chi connectivity index (χ1) is 7.74. The minimum absolute atomic E-state index is 0.916. The highest BCUT2D eigenvalue weighted by Gasteiger charge is 2.20. The lowest BCUT2D eigenvalue weighted by Crippen LogP contribution is -2.20. The second-order valence-electron chi connectivity index (χ2n) is 5.04. The van der Waals surface area contributed by atoms with Gasteiger partial charge < -0.3 is 5.32 Å². The van der Waals surface area contributed by atoms with E-state index in [0.29, 0.717) is 0 Å². The van der Waals surface area contributed by atoms with Crippen LogP contribution in [0.4, 0.5) is 0 Å². The van der Waals surface area contributed by atoms with Crippen LogP contribution in [0.1, 0.15) is 31.7 Å². The van der Waals surface area contributed by atoms with E-state index in [1.807, 2.05) is 0 Å². The highest BCUT2D eigenvalue weighted by Crippen LogP contribution is 2.29. The maximum atomic E-state index is 3.58. The molecule has 1 saturated carbocycles. The van der Waals surface area contributed by atoms with Gasteiger partial charge in [0.2, 0.25) is 0 Å². The summed E-state index contributed by atoms with van der Waals surface area (Å²) in [5, 5.41) is 3.58. The Morgan fingerprint density at radius 3 is 2.62 bits per heavy atom. The quantitative estimate of drug-likeness (QED) is 0.828.